The fraction of sp³-hybridized carbons (Fsp3) is 0.400. The highest BCUT2D eigenvalue weighted by molar-refractivity contribution is 7.92. The number of amides is 1. The number of carbonyl (C=O) groups is 1. The first-order valence-corrected chi connectivity index (χ1v) is 15.5. The molecular formula is C30H39N5O6S. The number of hydrogen-bond acceptors (Lipinski definition) is 9. The summed E-state index contributed by atoms with van der Waals surface area (Å²) in [4.78, 5) is 16.0. The van der Waals surface area contributed by atoms with Crippen LogP contribution in [0.5, 0.6) is 11.5 Å². The quantitative estimate of drug-likeness (QED) is 0.183. The summed E-state index contributed by atoms with van der Waals surface area (Å²) < 4.78 is 43.8. The first-order valence-electron chi connectivity index (χ1n) is 13.7. The minimum absolute atomic E-state index is 0.00750. The number of hydrazone groups is 1. The number of anilines is 2. The number of ether oxygens (including phenoxy) is 3. The fourth-order valence-electron chi connectivity index (χ4n) is 4.80. The molecule has 0 radical (unpaired) electrons. The maximum absolute atomic E-state index is 13.7. The third-order valence-electron chi connectivity index (χ3n) is 6.95. The molecular weight excluding hydrogens is 558 g/mol. The molecule has 4 N–H and O–H groups in total. The molecule has 1 aliphatic rings. The van der Waals surface area contributed by atoms with Gasteiger partial charge in [0.1, 0.15) is 12.4 Å². The number of nitrogens with two attached hydrogens (primary N) is 1. The molecule has 1 amide bonds. The van der Waals surface area contributed by atoms with Crippen molar-refractivity contribution in [3.8, 4) is 11.5 Å². The van der Waals surface area contributed by atoms with Crippen molar-refractivity contribution in [2.75, 3.05) is 62.9 Å². The molecule has 12 heteroatoms. The van der Waals surface area contributed by atoms with Gasteiger partial charge in [-0.3, -0.25) is 14.4 Å². The van der Waals surface area contributed by atoms with Crippen molar-refractivity contribution in [1.82, 2.24) is 4.90 Å². The van der Waals surface area contributed by atoms with Crippen LogP contribution in [-0.4, -0.2) is 77.8 Å². The Hall–Kier alpha value is -3.87. The smallest absolute Gasteiger partial charge is 0.276 e. The number of carbonyl (C=O) groups excluding carboxylic acids is 1. The molecule has 3 aromatic carbocycles. The zero-order valence-corrected chi connectivity index (χ0v) is 25.5. The highest BCUT2D eigenvalue weighted by Gasteiger charge is 2.25. The van der Waals surface area contributed by atoms with Gasteiger partial charge in [-0.15, -0.1) is 0 Å². The van der Waals surface area contributed by atoms with E-state index in [1.807, 2.05) is 51.1 Å². The second kappa shape index (κ2) is 13.0. The molecule has 0 saturated carbocycles. The van der Waals surface area contributed by atoms with Crippen molar-refractivity contribution < 1.29 is 27.4 Å². The topological polar surface area (TPSA) is 145 Å². The Balaban J connectivity index is 1.65. The molecule has 1 fully saturated rings. The van der Waals surface area contributed by atoms with Crippen LogP contribution in [0.2, 0.25) is 0 Å². The molecule has 226 valence electrons. The highest BCUT2D eigenvalue weighted by Crippen LogP contribution is 2.39. The Morgan fingerprint density at radius 1 is 1.07 bits per heavy atom. The SMILES string of the molecule is COc1c(NC(=O)/C(=N\N)c2ccc(OCCN3CCOCC3)c3ccccc23)cc(C(C)(C)C)cc1NS(C)(=O)=O. The monoisotopic (exact) mass is 597 g/mol. The standard InChI is InChI=1S/C30H39N5O6S/c1-30(2,3)20-18-24(28(39-4)25(19-20)34-42(5,37)38)32-29(36)27(33-31)23-10-11-26(22-9-7-6-8-21(22)23)41-17-14-35-12-15-40-16-13-35/h6-11,18-19,34H,12-17,31H2,1-5H3,(H,32,36)/b33-27-. The molecule has 4 rings (SSSR count). The molecule has 42 heavy (non-hydrogen) atoms. The van der Waals surface area contributed by atoms with Crippen molar-refractivity contribution >= 4 is 43.8 Å². The van der Waals surface area contributed by atoms with Gasteiger partial charge in [0.15, 0.2) is 11.5 Å². The zero-order valence-electron chi connectivity index (χ0n) is 24.7. The van der Waals surface area contributed by atoms with Crippen LogP contribution in [0.15, 0.2) is 53.6 Å². The lowest BCUT2D eigenvalue weighted by Gasteiger charge is -2.26. The molecule has 3 aromatic rings. The molecule has 0 spiro atoms. The van der Waals surface area contributed by atoms with E-state index in [2.05, 4.69) is 20.0 Å². The van der Waals surface area contributed by atoms with Crippen LogP contribution in [0, 0.1) is 0 Å². The average molecular weight is 598 g/mol. The number of sulfonamides is 1. The third kappa shape index (κ3) is 7.50. The summed E-state index contributed by atoms with van der Waals surface area (Å²) in [6, 6.07) is 14.6. The number of fused-ring (bicyclic) bond motifs is 1. The van der Waals surface area contributed by atoms with Crippen LogP contribution in [0.25, 0.3) is 10.8 Å². The summed E-state index contributed by atoms with van der Waals surface area (Å²) in [5, 5.41) is 8.27. The van der Waals surface area contributed by atoms with Crippen LogP contribution < -0.4 is 25.4 Å². The number of rotatable bonds is 10. The lowest BCUT2D eigenvalue weighted by molar-refractivity contribution is -0.110. The van der Waals surface area contributed by atoms with Crippen LogP contribution in [0.3, 0.4) is 0 Å². The molecule has 0 atom stereocenters. The van der Waals surface area contributed by atoms with Gasteiger partial charge in [-0.05, 0) is 40.6 Å². The van der Waals surface area contributed by atoms with Crippen LogP contribution in [0.4, 0.5) is 11.4 Å². The number of methoxy groups -OCH3 is 1. The van der Waals surface area contributed by atoms with E-state index in [0.29, 0.717) is 17.9 Å². The minimum Gasteiger partial charge on any atom is -0.492 e. The second-order valence-corrected chi connectivity index (χ2v) is 12.9. The number of benzene rings is 3. The Morgan fingerprint density at radius 2 is 1.74 bits per heavy atom. The summed E-state index contributed by atoms with van der Waals surface area (Å²) in [6.45, 7) is 10.4. The van der Waals surface area contributed by atoms with E-state index in [9.17, 15) is 13.2 Å². The van der Waals surface area contributed by atoms with Crippen molar-refractivity contribution in [3.05, 3.63) is 59.7 Å². The number of hydrogen-bond donors (Lipinski definition) is 3. The Bertz CT molecular complexity index is 1580. The summed E-state index contributed by atoms with van der Waals surface area (Å²) in [6.07, 6.45) is 1.05. The molecule has 1 heterocycles. The lowest BCUT2D eigenvalue weighted by atomic mass is 9.86. The van der Waals surface area contributed by atoms with Crippen molar-refractivity contribution in [3.63, 3.8) is 0 Å². The Labute approximate surface area is 247 Å². The largest absolute Gasteiger partial charge is 0.492 e. The van der Waals surface area contributed by atoms with Crippen LogP contribution >= 0.6 is 0 Å². The van der Waals surface area contributed by atoms with E-state index in [1.165, 1.54) is 7.11 Å². The van der Waals surface area contributed by atoms with E-state index >= 15 is 0 Å². The maximum atomic E-state index is 13.7. The summed E-state index contributed by atoms with van der Waals surface area (Å²) in [5.74, 6) is 6.06. The molecule has 0 unspecified atom stereocenters. The van der Waals surface area contributed by atoms with Crippen LogP contribution in [-0.2, 0) is 25.0 Å². The van der Waals surface area contributed by atoms with Gasteiger partial charge in [0.05, 0.1) is 38.0 Å². The van der Waals surface area contributed by atoms with Gasteiger partial charge < -0.3 is 25.4 Å². The third-order valence-corrected chi connectivity index (χ3v) is 7.55. The number of nitrogens with zero attached hydrogens (tertiary/aromatic N) is 2. The lowest BCUT2D eigenvalue weighted by Crippen LogP contribution is -2.38. The van der Waals surface area contributed by atoms with Gasteiger partial charge in [0.25, 0.3) is 5.91 Å². The van der Waals surface area contributed by atoms with Gasteiger partial charge in [-0.1, -0.05) is 45.0 Å². The van der Waals surface area contributed by atoms with E-state index in [0.717, 1.165) is 55.4 Å². The molecule has 1 aliphatic heterocycles. The normalized spacial score (nSPS) is 14.9. The van der Waals surface area contributed by atoms with E-state index in [4.69, 9.17) is 20.1 Å². The number of nitrogens with one attached hydrogen (secondary N) is 2. The molecule has 0 aliphatic carbocycles. The van der Waals surface area contributed by atoms with Gasteiger partial charge in [-0.25, -0.2) is 8.42 Å². The second-order valence-electron chi connectivity index (χ2n) is 11.1. The zero-order chi connectivity index (χ0) is 30.5. The fourth-order valence-corrected chi connectivity index (χ4v) is 5.35. The molecule has 0 aromatic heterocycles. The molecule has 1 saturated heterocycles. The Morgan fingerprint density at radius 3 is 2.36 bits per heavy atom. The summed E-state index contributed by atoms with van der Waals surface area (Å²) >= 11 is 0. The average Bonchev–Trinajstić information content (AvgIpc) is 2.93. The predicted molar refractivity (Wildman–Crippen MR) is 166 cm³/mol. The van der Waals surface area contributed by atoms with Crippen molar-refractivity contribution in [1.29, 1.82) is 0 Å². The number of morpholine rings is 1. The van der Waals surface area contributed by atoms with Gasteiger partial charge in [0.2, 0.25) is 10.0 Å². The van der Waals surface area contributed by atoms with E-state index in [-0.39, 0.29) is 28.3 Å². The van der Waals surface area contributed by atoms with Crippen molar-refractivity contribution in [2.24, 2.45) is 10.9 Å². The van der Waals surface area contributed by atoms with E-state index < -0.39 is 15.9 Å². The maximum Gasteiger partial charge on any atom is 0.276 e. The van der Waals surface area contributed by atoms with E-state index in [1.54, 1.807) is 18.2 Å². The molecule has 0 bridgehead atoms. The first kappa shape index (κ1) is 31.1. The van der Waals surface area contributed by atoms with Gasteiger partial charge in [0, 0.05) is 30.6 Å². The predicted octanol–water partition coefficient (Wildman–Crippen LogP) is 3.53. The van der Waals surface area contributed by atoms with Gasteiger partial charge >= 0.3 is 0 Å². The van der Waals surface area contributed by atoms with Crippen LogP contribution in [0.1, 0.15) is 31.9 Å². The minimum atomic E-state index is -3.63. The summed E-state index contributed by atoms with van der Waals surface area (Å²) in [5.41, 5.74) is 1.41. The van der Waals surface area contributed by atoms with Crippen molar-refractivity contribution in [2.45, 2.75) is 26.2 Å². The molecule has 11 nitrogen and oxygen atoms in total. The highest BCUT2D eigenvalue weighted by atomic mass is 32.2. The Kier molecular flexibility index (Phi) is 9.60. The van der Waals surface area contributed by atoms with Gasteiger partial charge in [-0.2, -0.15) is 5.10 Å². The summed E-state index contributed by atoms with van der Waals surface area (Å²) in [7, 11) is -2.23. The first-order chi connectivity index (χ1) is 19.9.